The first kappa shape index (κ1) is 16.1. The molecule has 7 nitrogen and oxygen atoms in total. The number of pyridine rings is 1. The van der Waals surface area contributed by atoms with Gasteiger partial charge in [0.25, 0.3) is 0 Å². The molecule has 3 heterocycles. The van der Waals surface area contributed by atoms with Crippen LogP contribution in [0.2, 0.25) is 0 Å². The maximum Gasteiger partial charge on any atom is 0.223 e. The van der Waals surface area contributed by atoms with Gasteiger partial charge >= 0.3 is 0 Å². The molecule has 0 aromatic carbocycles. The monoisotopic (exact) mass is 440 g/mol. The van der Waals surface area contributed by atoms with E-state index in [9.17, 15) is 0 Å². The number of hydrogen-bond acceptors (Lipinski definition) is 6. The predicted octanol–water partition coefficient (Wildman–Crippen LogP) is 3.00. The first-order valence-corrected chi connectivity index (χ1v) is 8.34. The minimum Gasteiger partial charge on any atom is -0.495 e. The second kappa shape index (κ2) is 6.04. The Morgan fingerprint density at radius 2 is 1.96 bits per heavy atom. The van der Waals surface area contributed by atoms with Crippen LogP contribution in [-0.2, 0) is 6.54 Å². The highest BCUT2D eigenvalue weighted by atomic mass is 79.9. The number of aromatic nitrogens is 5. The Kier molecular flexibility index (Phi) is 4.24. The third kappa shape index (κ3) is 2.78. The van der Waals surface area contributed by atoms with Gasteiger partial charge in [-0.1, -0.05) is 0 Å². The fourth-order valence-corrected chi connectivity index (χ4v) is 3.35. The van der Waals surface area contributed by atoms with Gasteiger partial charge in [-0.2, -0.15) is 4.98 Å². The van der Waals surface area contributed by atoms with Crippen LogP contribution in [0.15, 0.2) is 15.4 Å². The summed E-state index contributed by atoms with van der Waals surface area (Å²) in [6.07, 6.45) is 1.70. The number of fused-ring (bicyclic) bond motifs is 1. The second-order valence-electron chi connectivity index (χ2n) is 5.03. The van der Waals surface area contributed by atoms with E-state index >= 15 is 0 Å². The average Bonchev–Trinajstić information content (AvgIpc) is 2.88. The van der Waals surface area contributed by atoms with Gasteiger partial charge in [0.1, 0.15) is 15.9 Å². The molecule has 0 bridgehead atoms. The van der Waals surface area contributed by atoms with Crippen molar-refractivity contribution in [2.24, 2.45) is 0 Å². The van der Waals surface area contributed by atoms with Gasteiger partial charge in [-0.05, 0) is 45.7 Å². The van der Waals surface area contributed by atoms with Crippen molar-refractivity contribution >= 4 is 49.0 Å². The van der Waals surface area contributed by atoms with Crippen molar-refractivity contribution in [2.75, 3.05) is 12.8 Å². The Labute approximate surface area is 149 Å². The molecule has 0 atom stereocenters. The number of ether oxygens (including phenoxy) is 1. The number of imidazole rings is 1. The van der Waals surface area contributed by atoms with E-state index in [2.05, 4.69) is 51.8 Å². The lowest BCUT2D eigenvalue weighted by atomic mass is 10.2. The fourth-order valence-electron chi connectivity index (χ4n) is 2.50. The van der Waals surface area contributed by atoms with Crippen molar-refractivity contribution in [1.82, 2.24) is 24.5 Å². The highest BCUT2D eigenvalue weighted by molar-refractivity contribution is 9.10. The highest BCUT2D eigenvalue weighted by Gasteiger charge is 2.16. The molecule has 0 unspecified atom stereocenters. The van der Waals surface area contributed by atoms with Gasteiger partial charge in [0.2, 0.25) is 5.95 Å². The molecular formula is C14H14Br2N6O. The minimum atomic E-state index is 0.195. The summed E-state index contributed by atoms with van der Waals surface area (Å²) in [5.41, 5.74) is 9.76. The summed E-state index contributed by atoms with van der Waals surface area (Å²) in [5.74, 6) is 0.977. The molecule has 0 fully saturated rings. The van der Waals surface area contributed by atoms with E-state index in [1.54, 1.807) is 13.4 Å². The Morgan fingerprint density at radius 1 is 1.22 bits per heavy atom. The Morgan fingerprint density at radius 3 is 2.65 bits per heavy atom. The molecular weight excluding hydrogens is 428 g/mol. The summed E-state index contributed by atoms with van der Waals surface area (Å²) < 4.78 is 8.76. The molecule has 0 saturated carbocycles. The number of hydrogen-bond donors (Lipinski definition) is 1. The molecule has 0 aliphatic rings. The lowest BCUT2D eigenvalue weighted by molar-refractivity contribution is 0.405. The Balaban J connectivity index is 2.10. The maximum atomic E-state index is 5.73. The lowest BCUT2D eigenvalue weighted by Crippen LogP contribution is -2.07. The van der Waals surface area contributed by atoms with Gasteiger partial charge in [0, 0.05) is 10.0 Å². The van der Waals surface area contributed by atoms with Crippen molar-refractivity contribution in [3.63, 3.8) is 0 Å². The SMILES string of the molecule is COc1c(C)nc(Cn2cnc3c(Br)nc(N)nc32)c(Br)c1C. The second-order valence-corrected chi connectivity index (χ2v) is 6.58. The molecule has 2 N–H and O–H groups in total. The Bertz CT molecular complexity index is 908. The molecule has 120 valence electrons. The number of anilines is 1. The number of nitrogen functional groups attached to an aromatic ring is 1. The van der Waals surface area contributed by atoms with Crippen LogP contribution in [0, 0.1) is 13.8 Å². The number of methoxy groups -OCH3 is 1. The molecule has 0 radical (unpaired) electrons. The van der Waals surface area contributed by atoms with Gasteiger partial charge in [-0.25, -0.2) is 9.97 Å². The number of halogens is 2. The van der Waals surface area contributed by atoms with Crippen molar-refractivity contribution < 1.29 is 4.74 Å². The summed E-state index contributed by atoms with van der Waals surface area (Å²) in [4.78, 5) is 17.3. The average molecular weight is 442 g/mol. The molecule has 23 heavy (non-hydrogen) atoms. The standard InChI is InChI=1S/C14H14Br2N6O/c1-6-9(15)8(19-7(2)11(6)23-3)4-22-5-18-10-12(16)20-14(17)21-13(10)22/h5H,4H2,1-3H3,(H2,17,20,21). The molecule has 0 aliphatic carbocycles. The highest BCUT2D eigenvalue weighted by Crippen LogP contribution is 2.31. The van der Waals surface area contributed by atoms with Gasteiger partial charge < -0.3 is 15.0 Å². The smallest absolute Gasteiger partial charge is 0.223 e. The van der Waals surface area contributed by atoms with E-state index < -0.39 is 0 Å². The van der Waals surface area contributed by atoms with Crippen LogP contribution in [0.5, 0.6) is 5.75 Å². The van der Waals surface area contributed by atoms with Crippen LogP contribution >= 0.6 is 31.9 Å². The van der Waals surface area contributed by atoms with Crippen LogP contribution in [0.4, 0.5) is 5.95 Å². The molecule has 0 aliphatic heterocycles. The van der Waals surface area contributed by atoms with Crippen molar-refractivity contribution in [2.45, 2.75) is 20.4 Å². The third-order valence-electron chi connectivity index (χ3n) is 3.52. The largest absolute Gasteiger partial charge is 0.495 e. The van der Waals surface area contributed by atoms with Gasteiger partial charge in [0.15, 0.2) is 5.65 Å². The number of nitrogens with zero attached hydrogens (tertiary/aromatic N) is 5. The van der Waals surface area contributed by atoms with Crippen molar-refractivity contribution in [3.05, 3.63) is 32.4 Å². The quantitative estimate of drug-likeness (QED) is 0.628. The van der Waals surface area contributed by atoms with E-state index in [-0.39, 0.29) is 5.95 Å². The van der Waals surface area contributed by atoms with Crippen LogP contribution in [-0.4, -0.2) is 31.6 Å². The Hall–Kier alpha value is -1.74. The molecule has 0 spiro atoms. The molecule has 3 aromatic rings. The minimum absolute atomic E-state index is 0.195. The van der Waals surface area contributed by atoms with E-state index in [0.29, 0.717) is 22.3 Å². The summed E-state index contributed by atoms with van der Waals surface area (Å²) in [5, 5.41) is 0. The molecule has 0 saturated heterocycles. The zero-order valence-corrected chi connectivity index (χ0v) is 15.9. The number of aryl methyl sites for hydroxylation is 1. The molecule has 0 amide bonds. The van der Waals surface area contributed by atoms with Gasteiger partial charge in [-0.3, -0.25) is 4.98 Å². The van der Waals surface area contributed by atoms with E-state index in [1.807, 2.05) is 18.4 Å². The fraction of sp³-hybridized carbons (Fsp3) is 0.286. The van der Waals surface area contributed by atoms with Crippen molar-refractivity contribution in [3.8, 4) is 5.75 Å². The number of rotatable bonds is 3. The third-order valence-corrected chi connectivity index (χ3v) is 5.12. The van der Waals surface area contributed by atoms with Crippen LogP contribution in [0.3, 0.4) is 0 Å². The summed E-state index contributed by atoms with van der Waals surface area (Å²) in [7, 11) is 1.64. The summed E-state index contributed by atoms with van der Waals surface area (Å²) in [6, 6.07) is 0. The summed E-state index contributed by atoms with van der Waals surface area (Å²) in [6.45, 7) is 4.42. The van der Waals surface area contributed by atoms with Crippen LogP contribution in [0.1, 0.15) is 17.0 Å². The van der Waals surface area contributed by atoms with E-state index in [4.69, 9.17) is 10.5 Å². The van der Waals surface area contributed by atoms with Gasteiger partial charge in [0.05, 0.1) is 31.4 Å². The molecule has 3 rings (SSSR count). The van der Waals surface area contributed by atoms with E-state index in [1.165, 1.54) is 0 Å². The zero-order chi connectivity index (χ0) is 16.7. The lowest BCUT2D eigenvalue weighted by Gasteiger charge is -2.14. The number of nitrogens with two attached hydrogens (primary N) is 1. The van der Waals surface area contributed by atoms with Crippen LogP contribution in [0.25, 0.3) is 11.2 Å². The first-order chi connectivity index (χ1) is 10.9. The predicted molar refractivity (Wildman–Crippen MR) is 94.5 cm³/mol. The van der Waals surface area contributed by atoms with Gasteiger partial charge in [-0.15, -0.1) is 0 Å². The van der Waals surface area contributed by atoms with Crippen LogP contribution < -0.4 is 10.5 Å². The summed E-state index contributed by atoms with van der Waals surface area (Å²) >= 11 is 6.96. The maximum absolute atomic E-state index is 5.73. The first-order valence-electron chi connectivity index (χ1n) is 6.75. The zero-order valence-electron chi connectivity index (χ0n) is 12.8. The molecule has 9 heteroatoms. The molecule has 3 aromatic heterocycles. The van der Waals surface area contributed by atoms with E-state index in [0.717, 1.165) is 27.2 Å². The normalized spacial score (nSPS) is 11.2. The van der Waals surface area contributed by atoms with Crippen molar-refractivity contribution in [1.29, 1.82) is 0 Å². The topological polar surface area (TPSA) is 91.7 Å².